The van der Waals surface area contributed by atoms with Crippen molar-refractivity contribution in [2.45, 2.75) is 18.8 Å². The summed E-state index contributed by atoms with van der Waals surface area (Å²) in [6.07, 6.45) is 1.58. The number of carbonyl (C=O) groups excluding carboxylic acids is 1. The molecule has 2 aliphatic rings. The molecule has 144 valence electrons. The first-order chi connectivity index (χ1) is 13.8. The molecule has 0 saturated carbocycles. The van der Waals surface area contributed by atoms with Crippen molar-refractivity contribution in [2.75, 3.05) is 25.2 Å². The van der Waals surface area contributed by atoms with Gasteiger partial charge < -0.3 is 24.1 Å². The van der Waals surface area contributed by atoms with Crippen molar-refractivity contribution in [2.24, 2.45) is 0 Å². The summed E-state index contributed by atoms with van der Waals surface area (Å²) >= 11 is 1.60. The molecular formula is C19H18N4O4S. The largest absolute Gasteiger partial charge is 0.454 e. The molecule has 5 rings (SSSR count). The molecule has 2 aromatic heterocycles. The zero-order chi connectivity index (χ0) is 18.9. The van der Waals surface area contributed by atoms with E-state index in [4.69, 9.17) is 13.9 Å². The zero-order valence-electron chi connectivity index (χ0n) is 15.0. The Balaban J connectivity index is 1.18. The Morgan fingerprint density at radius 1 is 1.14 bits per heavy atom. The minimum absolute atomic E-state index is 0.123. The van der Waals surface area contributed by atoms with Crippen LogP contribution < -0.4 is 14.8 Å². The lowest BCUT2D eigenvalue weighted by molar-refractivity contribution is 0.174. The van der Waals surface area contributed by atoms with Gasteiger partial charge in [0.2, 0.25) is 18.6 Å². The number of thiophene rings is 1. The first kappa shape index (κ1) is 17.1. The fourth-order valence-corrected chi connectivity index (χ4v) is 4.04. The molecule has 0 aliphatic carbocycles. The van der Waals surface area contributed by atoms with Gasteiger partial charge in [0.1, 0.15) is 0 Å². The van der Waals surface area contributed by atoms with E-state index in [-0.39, 0.29) is 18.7 Å². The number of fused-ring (bicyclic) bond motifs is 1. The SMILES string of the molecule is O=C(Nc1ccc2c(c1)OCO2)N1CCC(c2nnc(-c3ccsc3)o2)CC1. The van der Waals surface area contributed by atoms with E-state index in [0.717, 1.165) is 18.4 Å². The maximum absolute atomic E-state index is 12.6. The second-order valence-electron chi connectivity index (χ2n) is 6.72. The lowest BCUT2D eigenvalue weighted by atomic mass is 9.97. The van der Waals surface area contributed by atoms with Crippen molar-refractivity contribution in [3.63, 3.8) is 0 Å². The van der Waals surface area contributed by atoms with Gasteiger partial charge in [0.15, 0.2) is 11.5 Å². The van der Waals surface area contributed by atoms with Gasteiger partial charge in [-0.3, -0.25) is 0 Å². The number of hydrogen-bond acceptors (Lipinski definition) is 7. The molecule has 1 N–H and O–H groups in total. The van der Waals surface area contributed by atoms with Gasteiger partial charge in [0.05, 0.1) is 0 Å². The van der Waals surface area contributed by atoms with E-state index in [9.17, 15) is 4.79 Å². The molecule has 4 heterocycles. The third-order valence-electron chi connectivity index (χ3n) is 4.96. The van der Waals surface area contributed by atoms with E-state index in [0.29, 0.717) is 42.1 Å². The molecule has 1 fully saturated rings. The second kappa shape index (κ2) is 7.16. The first-order valence-electron chi connectivity index (χ1n) is 9.08. The number of rotatable bonds is 3. The normalized spacial score (nSPS) is 16.4. The lowest BCUT2D eigenvalue weighted by Crippen LogP contribution is -2.40. The maximum atomic E-state index is 12.6. The van der Waals surface area contributed by atoms with Crippen LogP contribution in [0.15, 0.2) is 39.4 Å². The van der Waals surface area contributed by atoms with Crippen LogP contribution in [0, 0.1) is 0 Å². The molecule has 0 unspecified atom stereocenters. The highest BCUT2D eigenvalue weighted by Gasteiger charge is 2.28. The van der Waals surface area contributed by atoms with Gasteiger partial charge in [-0.05, 0) is 36.4 Å². The van der Waals surface area contributed by atoms with Crippen LogP contribution in [0.2, 0.25) is 0 Å². The smallest absolute Gasteiger partial charge is 0.321 e. The van der Waals surface area contributed by atoms with Gasteiger partial charge in [0, 0.05) is 41.7 Å². The van der Waals surface area contributed by atoms with E-state index < -0.39 is 0 Å². The summed E-state index contributed by atoms with van der Waals surface area (Å²) in [6, 6.07) is 7.22. The van der Waals surface area contributed by atoms with Crippen molar-refractivity contribution in [1.82, 2.24) is 15.1 Å². The fraction of sp³-hybridized carbons (Fsp3) is 0.316. The molecule has 0 bridgehead atoms. The maximum Gasteiger partial charge on any atom is 0.321 e. The summed E-state index contributed by atoms with van der Waals surface area (Å²) in [5.41, 5.74) is 1.64. The number of benzene rings is 1. The van der Waals surface area contributed by atoms with E-state index in [1.165, 1.54) is 0 Å². The Labute approximate surface area is 165 Å². The number of amides is 2. The van der Waals surface area contributed by atoms with Crippen LogP contribution in [0.25, 0.3) is 11.5 Å². The van der Waals surface area contributed by atoms with Crippen LogP contribution in [0.3, 0.4) is 0 Å². The lowest BCUT2D eigenvalue weighted by Gasteiger charge is -2.30. The Kier molecular flexibility index (Phi) is 4.36. The predicted molar refractivity (Wildman–Crippen MR) is 103 cm³/mol. The quantitative estimate of drug-likeness (QED) is 0.719. The van der Waals surface area contributed by atoms with E-state index >= 15 is 0 Å². The number of piperidine rings is 1. The molecule has 0 radical (unpaired) electrons. The third-order valence-corrected chi connectivity index (χ3v) is 5.65. The van der Waals surface area contributed by atoms with Crippen LogP contribution in [0.4, 0.5) is 10.5 Å². The molecule has 0 atom stereocenters. The highest BCUT2D eigenvalue weighted by Crippen LogP contribution is 2.34. The molecule has 8 nitrogen and oxygen atoms in total. The standard InChI is InChI=1S/C19H18N4O4S/c24-19(20-14-1-2-15-16(9-14)26-11-25-15)23-6-3-12(4-7-23)17-21-22-18(27-17)13-5-8-28-10-13/h1-2,5,8-10,12H,3-4,6-7,11H2,(H,20,24). The first-order valence-corrected chi connectivity index (χ1v) is 10.0. The van der Waals surface area contributed by atoms with Gasteiger partial charge in [-0.1, -0.05) is 0 Å². The molecular weight excluding hydrogens is 380 g/mol. The molecule has 28 heavy (non-hydrogen) atoms. The molecule has 2 amide bonds. The van der Waals surface area contributed by atoms with Crippen molar-refractivity contribution in [1.29, 1.82) is 0 Å². The monoisotopic (exact) mass is 398 g/mol. The van der Waals surface area contributed by atoms with Gasteiger partial charge in [-0.2, -0.15) is 11.3 Å². The molecule has 1 aromatic carbocycles. The summed E-state index contributed by atoms with van der Waals surface area (Å²) in [5, 5.41) is 15.2. The van der Waals surface area contributed by atoms with Crippen molar-refractivity contribution in [3.05, 3.63) is 40.9 Å². The summed E-state index contributed by atoms with van der Waals surface area (Å²) in [5.74, 6) is 2.72. The molecule has 2 aliphatic heterocycles. The Bertz CT molecular complexity index is 980. The number of aromatic nitrogens is 2. The molecule has 3 aromatic rings. The minimum Gasteiger partial charge on any atom is -0.454 e. The number of nitrogens with zero attached hydrogens (tertiary/aromatic N) is 3. The molecule has 9 heteroatoms. The van der Waals surface area contributed by atoms with Crippen LogP contribution in [0.5, 0.6) is 11.5 Å². The van der Waals surface area contributed by atoms with Gasteiger partial charge in [-0.15, -0.1) is 10.2 Å². The van der Waals surface area contributed by atoms with E-state index in [1.807, 2.05) is 22.9 Å². The predicted octanol–water partition coefficient (Wildman–Crippen LogP) is 3.94. The van der Waals surface area contributed by atoms with Crippen LogP contribution in [-0.4, -0.2) is 41.0 Å². The fourth-order valence-electron chi connectivity index (χ4n) is 3.41. The van der Waals surface area contributed by atoms with Gasteiger partial charge in [0.25, 0.3) is 0 Å². The highest BCUT2D eigenvalue weighted by atomic mass is 32.1. The number of anilines is 1. The Morgan fingerprint density at radius 3 is 2.82 bits per heavy atom. The number of carbonyl (C=O) groups is 1. The number of nitrogens with one attached hydrogen (secondary N) is 1. The summed E-state index contributed by atoms with van der Waals surface area (Å²) in [6.45, 7) is 1.48. The number of urea groups is 1. The minimum atomic E-state index is -0.123. The Morgan fingerprint density at radius 2 is 2.00 bits per heavy atom. The summed E-state index contributed by atoms with van der Waals surface area (Å²) < 4.78 is 16.5. The van der Waals surface area contributed by atoms with Gasteiger partial charge >= 0.3 is 6.03 Å². The average molecular weight is 398 g/mol. The zero-order valence-corrected chi connectivity index (χ0v) is 15.8. The average Bonchev–Trinajstić information content (AvgIpc) is 3.48. The van der Waals surface area contributed by atoms with Gasteiger partial charge in [-0.25, -0.2) is 4.79 Å². The van der Waals surface area contributed by atoms with Crippen molar-refractivity contribution in [3.8, 4) is 23.0 Å². The van der Waals surface area contributed by atoms with Crippen LogP contribution >= 0.6 is 11.3 Å². The summed E-state index contributed by atoms with van der Waals surface area (Å²) in [7, 11) is 0. The number of ether oxygens (including phenoxy) is 2. The van der Waals surface area contributed by atoms with Crippen LogP contribution in [0.1, 0.15) is 24.7 Å². The Hall–Kier alpha value is -3.07. The highest BCUT2D eigenvalue weighted by molar-refractivity contribution is 7.08. The second-order valence-corrected chi connectivity index (χ2v) is 7.50. The van der Waals surface area contributed by atoms with Crippen LogP contribution in [-0.2, 0) is 0 Å². The van der Waals surface area contributed by atoms with E-state index in [1.54, 1.807) is 28.4 Å². The van der Waals surface area contributed by atoms with E-state index in [2.05, 4.69) is 15.5 Å². The number of likely N-dealkylation sites (tertiary alicyclic amines) is 1. The third kappa shape index (κ3) is 3.29. The van der Waals surface area contributed by atoms with Crippen molar-refractivity contribution < 1.29 is 18.7 Å². The molecule has 0 spiro atoms. The topological polar surface area (TPSA) is 89.7 Å². The van der Waals surface area contributed by atoms with Crippen molar-refractivity contribution >= 4 is 23.1 Å². The summed E-state index contributed by atoms with van der Waals surface area (Å²) in [4.78, 5) is 14.4. The number of hydrogen-bond donors (Lipinski definition) is 1. The molecule has 1 saturated heterocycles.